The highest BCUT2D eigenvalue weighted by Gasteiger charge is 2.05. The first kappa shape index (κ1) is 5.41. The third-order valence-corrected chi connectivity index (χ3v) is 1.79. The van der Waals surface area contributed by atoms with E-state index in [4.69, 9.17) is 0 Å². The molecule has 1 atom stereocenters. The largest absolute Gasteiger partial charge is 0.378 e. The van der Waals surface area contributed by atoms with E-state index in [9.17, 15) is 0 Å². The molecule has 0 radical (unpaired) electrons. The first-order valence-electron chi connectivity index (χ1n) is 2.41. The molecule has 0 bridgehead atoms. The van der Waals surface area contributed by atoms with Crippen molar-refractivity contribution >= 4 is 22.6 Å². The van der Waals surface area contributed by atoms with Crippen molar-refractivity contribution in [3.63, 3.8) is 0 Å². The maximum atomic E-state index is 3.26. The van der Waals surface area contributed by atoms with Gasteiger partial charge >= 0.3 is 0 Å². The van der Waals surface area contributed by atoms with Gasteiger partial charge in [-0.3, -0.25) is 0 Å². The number of nitrogens with one attached hydrogen (secondary N) is 1. The van der Waals surface area contributed by atoms with Crippen LogP contribution in [-0.4, -0.2) is 6.04 Å². The van der Waals surface area contributed by atoms with Gasteiger partial charge in [0, 0.05) is 6.04 Å². The van der Waals surface area contributed by atoms with Crippen molar-refractivity contribution in [1.82, 2.24) is 5.32 Å². The summed E-state index contributed by atoms with van der Waals surface area (Å²) < 4.78 is 1.30. The van der Waals surface area contributed by atoms with E-state index in [1.165, 1.54) is 10.1 Å². The molecule has 1 rings (SSSR count). The SMILES string of the molecule is CC1CC=C(I)N1. The fraction of sp³-hybridized carbons (Fsp3) is 0.600. The summed E-state index contributed by atoms with van der Waals surface area (Å²) in [5.74, 6) is 0. The topological polar surface area (TPSA) is 12.0 Å². The van der Waals surface area contributed by atoms with Crippen molar-refractivity contribution in [3.05, 3.63) is 9.78 Å². The summed E-state index contributed by atoms with van der Waals surface area (Å²) in [5.41, 5.74) is 0. The second-order valence-corrected chi connectivity index (χ2v) is 3.00. The smallest absolute Gasteiger partial charge is 0.0694 e. The standard InChI is InChI=1S/C5H8IN/c1-4-2-3-5(6)7-4/h3-4,7H,2H2,1H3. The minimum Gasteiger partial charge on any atom is -0.378 e. The third kappa shape index (κ3) is 1.33. The second-order valence-electron chi connectivity index (χ2n) is 1.83. The number of halogens is 1. The summed E-state index contributed by atoms with van der Waals surface area (Å²) in [6.07, 6.45) is 3.41. The predicted molar refractivity (Wildman–Crippen MR) is 39.3 cm³/mol. The van der Waals surface area contributed by atoms with Gasteiger partial charge in [0.1, 0.15) is 0 Å². The van der Waals surface area contributed by atoms with Gasteiger partial charge in [-0.15, -0.1) is 0 Å². The molecule has 1 unspecified atom stereocenters. The lowest BCUT2D eigenvalue weighted by Gasteiger charge is -2.00. The summed E-state index contributed by atoms with van der Waals surface area (Å²) in [6, 6.07) is 0.673. The van der Waals surface area contributed by atoms with Crippen molar-refractivity contribution in [1.29, 1.82) is 0 Å². The van der Waals surface area contributed by atoms with E-state index in [-0.39, 0.29) is 0 Å². The molecule has 1 heterocycles. The Morgan fingerprint density at radius 2 is 2.71 bits per heavy atom. The van der Waals surface area contributed by atoms with Crippen LogP contribution in [0, 0.1) is 0 Å². The minimum absolute atomic E-state index is 0.673. The van der Waals surface area contributed by atoms with Crippen LogP contribution >= 0.6 is 22.6 Å². The van der Waals surface area contributed by atoms with E-state index >= 15 is 0 Å². The van der Waals surface area contributed by atoms with Gasteiger partial charge < -0.3 is 5.32 Å². The van der Waals surface area contributed by atoms with Crippen LogP contribution in [0.25, 0.3) is 0 Å². The summed E-state index contributed by atoms with van der Waals surface area (Å²) in [6.45, 7) is 2.18. The summed E-state index contributed by atoms with van der Waals surface area (Å²) >= 11 is 2.30. The molecule has 0 saturated heterocycles. The van der Waals surface area contributed by atoms with Crippen LogP contribution in [0.5, 0.6) is 0 Å². The molecule has 1 nitrogen and oxygen atoms in total. The third-order valence-electron chi connectivity index (χ3n) is 1.03. The maximum absolute atomic E-state index is 3.26. The fourth-order valence-corrected chi connectivity index (χ4v) is 1.42. The van der Waals surface area contributed by atoms with E-state index in [0.717, 1.165) is 0 Å². The molecular formula is C5H8IN. The van der Waals surface area contributed by atoms with Crippen LogP contribution in [0.4, 0.5) is 0 Å². The zero-order valence-electron chi connectivity index (χ0n) is 4.24. The zero-order valence-corrected chi connectivity index (χ0v) is 6.40. The summed E-state index contributed by atoms with van der Waals surface area (Å²) in [7, 11) is 0. The molecule has 0 fully saturated rings. The lowest BCUT2D eigenvalue weighted by atomic mass is 10.3. The molecule has 7 heavy (non-hydrogen) atoms. The van der Waals surface area contributed by atoms with Crippen LogP contribution in [0.15, 0.2) is 9.78 Å². The molecular weight excluding hydrogens is 201 g/mol. The van der Waals surface area contributed by atoms with Gasteiger partial charge in [-0.25, -0.2) is 0 Å². The van der Waals surface area contributed by atoms with Crippen LogP contribution in [0.2, 0.25) is 0 Å². The Morgan fingerprint density at radius 1 is 2.00 bits per heavy atom. The molecule has 0 aliphatic carbocycles. The van der Waals surface area contributed by atoms with Crippen molar-refractivity contribution < 1.29 is 0 Å². The quantitative estimate of drug-likeness (QED) is 0.472. The highest BCUT2D eigenvalue weighted by Crippen LogP contribution is 2.12. The van der Waals surface area contributed by atoms with Gasteiger partial charge in [0.2, 0.25) is 0 Å². The van der Waals surface area contributed by atoms with E-state index in [2.05, 4.69) is 40.9 Å². The molecule has 40 valence electrons. The predicted octanol–water partition coefficient (Wildman–Crippen LogP) is 1.64. The number of hydrogen-bond donors (Lipinski definition) is 1. The molecule has 0 aromatic carbocycles. The monoisotopic (exact) mass is 209 g/mol. The Hall–Kier alpha value is 0.270. The van der Waals surface area contributed by atoms with Crippen LogP contribution in [0.3, 0.4) is 0 Å². The summed E-state index contributed by atoms with van der Waals surface area (Å²) in [4.78, 5) is 0. The van der Waals surface area contributed by atoms with Crippen LogP contribution in [0.1, 0.15) is 13.3 Å². The lowest BCUT2D eigenvalue weighted by Crippen LogP contribution is -2.15. The zero-order chi connectivity index (χ0) is 5.28. The summed E-state index contributed by atoms with van der Waals surface area (Å²) in [5, 5.41) is 3.26. The first-order valence-corrected chi connectivity index (χ1v) is 3.49. The van der Waals surface area contributed by atoms with Gasteiger partial charge in [0.05, 0.1) is 3.70 Å². The Labute approximate surface area is 57.3 Å². The highest BCUT2D eigenvalue weighted by atomic mass is 127. The van der Waals surface area contributed by atoms with Crippen molar-refractivity contribution in [2.24, 2.45) is 0 Å². The lowest BCUT2D eigenvalue weighted by molar-refractivity contribution is 0.688. The van der Waals surface area contributed by atoms with E-state index in [1.807, 2.05) is 0 Å². The van der Waals surface area contributed by atoms with E-state index < -0.39 is 0 Å². The maximum Gasteiger partial charge on any atom is 0.0694 e. The molecule has 1 aliphatic rings. The Kier molecular flexibility index (Phi) is 1.57. The number of rotatable bonds is 0. The van der Waals surface area contributed by atoms with E-state index in [1.54, 1.807) is 0 Å². The molecule has 0 aromatic rings. The van der Waals surface area contributed by atoms with Crippen LogP contribution < -0.4 is 5.32 Å². The molecule has 1 N–H and O–H groups in total. The normalized spacial score (nSPS) is 29.4. The minimum atomic E-state index is 0.673. The Balaban J connectivity index is 2.42. The Bertz CT molecular complexity index is 98.3. The van der Waals surface area contributed by atoms with Gasteiger partial charge in [-0.1, -0.05) is 6.08 Å². The van der Waals surface area contributed by atoms with Crippen molar-refractivity contribution in [3.8, 4) is 0 Å². The highest BCUT2D eigenvalue weighted by molar-refractivity contribution is 14.1. The van der Waals surface area contributed by atoms with Crippen LogP contribution in [-0.2, 0) is 0 Å². The molecule has 0 saturated carbocycles. The van der Waals surface area contributed by atoms with Gasteiger partial charge in [0.25, 0.3) is 0 Å². The van der Waals surface area contributed by atoms with Gasteiger partial charge in [-0.05, 0) is 35.9 Å². The molecule has 0 amide bonds. The molecule has 0 aromatic heterocycles. The second kappa shape index (κ2) is 2.03. The van der Waals surface area contributed by atoms with E-state index in [0.29, 0.717) is 6.04 Å². The average Bonchev–Trinajstić information content (AvgIpc) is 1.87. The van der Waals surface area contributed by atoms with Crippen molar-refractivity contribution in [2.75, 3.05) is 0 Å². The van der Waals surface area contributed by atoms with Crippen molar-refractivity contribution in [2.45, 2.75) is 19.4 Å². The first-order chi connectivity index (χ1) is 3.29. The fourth-order valence-electron chi connectivity index (χ4n) is 0.633. The molecule has 2 heteroatoms. The van der Waals surface area contributed by atoms with Gasteiger partial charge in [0.15, 0.2) is 0 Å². The Morgan fingerprint density at radius 3 is 2.86 bits per heavy atom. The van der Waals surface area contributed by atoms with Gasteiger partial charge in [-0.2, -0.15) is 0 Å². The molecule has 0 spiro atoms. The number of hydrogen-bond acceptors (Lipinski definition) is 1. The molecule has 1 aliphatic heterocycles. The average molecular weight is 209 g/mol.